The Morgan fingerprint density at radius 3 is 2.39 bits per heavy atom. The summed E-state index contributed by atoms with van der Waals surface area (Å²) in [7, 11) is 0. The quantitative estimate of drug-likeness (QED) is 0.484. The minimum absolute atomic E-state index is 0.0380. The van der Waals surface area contributed by atoms with Crippen molar-refractivity contribution in [1.82, 2.24) is 9.61 Å². The molecule has 0 saturated heterocycles. The van der Waals surface area contributed by atoms with E-state index in [9.17, 15) is 22.8 Å². The van der Waals surface area contributed by atoms with E-state index in [0.29, 0.717) is 27.8 Å². The van der Waals surface area contributed by atoms with Crippen LogP contribution in [0.15, 0.2) is 48.5 Å². The average Bonchev–Trinajstić information content (AvgIpc) is 3.06. The van der Waals surface area contributed by atoms with E-state index in [4.69, 9.17) is 5.73 Å². The third kappa shape index (κ3) is 2.85. The summed E-state index contributed by atoms with van der Waals surface area (Å²) in [6, 6.07) is 12.1. The van der Waals surface area contributed by atoms with Crippen LogP contribution in [0.1, 0.15) is 11.1 Å². The zero-order valence-corrected chi connectivity index (χ0v) is 14.0. The molecule has 0 atom stereocenters. The second-order valence-electron chi connectivity index (χ2n) is 6.09. The SMILES string of the molecule is N#Cc1c(N)n2nc(Nc3ccc(C(F)(F)F)cc3)cc2c2ccc(F)cc12. The summed E-state index contributed by atoms with van der Waals surface area (Å²) in [6.45, 7) is 0. The Hall–Kier alpha value is -3.80. The van der Waals surface area contributed by atoms with E-state index in [1.54, 1.807) is 6.07 Å². The van der Waals surface area contributed by atoms with Crippen molar-refractivity contribution in [3.05, 3.63) is 65.5 Å². The molecule has 9 heteroatoms. The highest BCUT2D eigenvalue weighted by Gasteiger charge is 2.30. The zero-order chi connectivity index (χ0) is 20.1. The second kappa shape index (κ2) is 6.13. The van der Waals surface area contributed by atoms with Gasteiger partial charge in [-0.2, -0.15) is 18.4 Å². The zero-order valence-electron chi connectivity index (χ0n) is 14.0. The number of halogens is 4. The highest BCUT2D eigenvalue weighted by Crippen LogP contribution is 2.32. The third-order valence-corrected chi connectivity index (χ3v) is 4.32. The van der Waals surface area contributed by atoms with E-state index in [0.717, 1.165) is 12.1 Å². The molecule has 0 aliphatic heterocycles. The summed E-state index contributed by atoms with van der Waals surface area (Å²) in [5.41, 5.74) is 6.27. The molecule has 2 heterocycles. The fourth-order valence-corrected chi connectivity index (χ4v) is 3.02. The second-order valence-corrected chi connectivity index (χ2v) is 6.09. The van der Waals surface area contributed by atoms with Crippen LogP contribution in [-0.4, -0.2) is 9.61 Å². The highest BCUT2D eigenvalue weighted by molar-refractivity contribution is 6.02. The number of hydrogen-bond acceptors (Lipinski definition) is 4. The summed E-state index contributed by atoms with van der Waals surface area (Å²) < 4.78 is 53.0. The number of nitrogens with two attached hydrogens (primary N) is 1. The highest BCUT2D eigenvalue weighted by atomic mass is 19.4. The molecule has 3 N–H and O–H groups in total. The van der Waals surface area contributed by atoms with Gasteiger partial charge in [-0.05, 0) is 42.5 Å². The van der Waals surface area contributed by atoms with Gasteiger partial charge in [0.2, 0.25) is 0 Å². The van der Waals surface area contributed by atoms with Gasteiger partial charge in [0.1, 0.15) is 23.3 Å². The number of nitrogens with one attached hydrogen (secondary N) is 1. The molecule has 5 nitrogen and oxygen atoms in total. The van der Waals surface area contributed by atoms with E-state index in [1.165, 1.54) is 34.8 Å². The van der Waals surface area contributed by atoms with Crippen molar-refractivity contribution < 1.29 is 17.6 Å². The minimum atomic E-state index is -4.42. The van der Waals surface area contributed by atoms with Crippen LogP contribution in [0.4, 0.5) is 34.9 Å². The van der Waals surface area contributed by atoms with Crippen LogP contribution in [0, 0.1) is 17.1 Å². The van der Waals surface area contributed by atoms with Gasteiger partial charge in [0.05, 0.1) is 11.1 Å². The monoisotopic (exact) mass is 385 g/mol. The van der Waals surface area contributed by atoms with Gasteiger partial charge in [-0.25, -0.2) is 8.91 Å². The summed E-state index contributed by atoms with van der Waals surface area (Å²) >= 11 is 0. The number of anilines is 3. The molecule has 140 valence electrons. The molecule has 0 fully saturated rings. The Labute approximate surface area is 155 Å². The lowest BCUT2D eigenvalue weighted by Gasteiger charge is -2.08. The molecule has 0 bridgehead atoms. The topological polar surface area (TPSA) is 79.1 Å². The molecule has 0 radical (unpaired) electrons. The number of pyridine rings is 1. The van der Waals surface area contributed by atoms with Gasteiger partial charge in [0.25, 0.3) is 0 Å². The minimum Gasteiger partial charge on any atom is -0.383 e. The maximum Gasteiger partial charge on any atom is 0.416 e. The van der Waals surface area contributed by atoms with Crippen LogP contribution >= 0.6 is 0 Å². The molecule has 0 spiro atoms. The van der Waals surface area contributed by atoms with E-state index in [-0.39, 0.29) is 11.4 Å². The Bertz CT molecular complexity index is 1250. The van der Waals surface area contributed by atoms with Crippen molar-refractivity contribution in [3.8, 4) is 6.07 Å². The van der Waals surface area contributed by atoms with Crippen molar-refractivity contribution >= 4 is 33.6 Å². The van der Waals surface area contributed by atoms with Gasteiger partial charge in [0.15, 0.2) is 5.82 Å². The number of aromatic nitrogens is 2. The Morgan fingerprint density at radius 2 is 1.75 bits per heavy atom. The predicted molar refractivity (Wildman–Crippen MR) is 96.5 cm³/mol. The number of nitrogens with zero attached hydrogens (tertiary/aromatic N) is 3. The summed E-state index contributed by atoms with van der Waals surface area (Å²) in [5, 5.41) is 17.5. The standard InChI is InChI=1S/C19H11F4N5/c20-11-3-6-13-14(7-11)15(9-24)18(25)28-16(13)8-17(27-28)26-12-4-1-10(2-5-12)19(21,22)23/h1-8H,25H2,(H,26,27). The number of alkyl halides is 3. The first-order chi connectivity index (χ1) is 13.3. The molecule has 0 amide bonds. The number of hydrogen-bond donors (Lipinski definition) is 2. The van der Waals surface area contributed by atoms with Gasteiger partial charge < -0.3 is 11.1 Å². The van der Waals surface area contributed by atoms with Gasteiger partial charge in [-0.1, -0.05) is 0 Å². The van der Waals surface area contributed by atoms with Crippen molar-refractivity contribution in [2.24, 2.45) is 0 Å². The van der Waals surface area contributed by atoms with E-state index < -0.39 is 17.6 Å². The Kier molecular flexibility index (Phi) is 3.85. The summed E-state index contributed by atoms with van der Waals surface area (Å²) in [5.74, 6) is -0.154. The van der Waals surface area contributed by atoms with Crippen LogP contribution in [0.2, 0.25) is 0 Å². The first-order valence-electron chi connectivity index (χ1n) is 8.03. The maximum atomic E-state index is 13.6. The smallest absolute Gasteiger partial charge is 0.383 e. The lowest BCUT2D eigenvalue weighted by Crippen LogP contribution is -2.04. The lowest BCUT2D eigenvalue weighted by atomic mass is 10.1. The van der Waals surface area contributed by atoms with Gasteiger partial charge in [-0.3, -0.25) is 0 Å². The molecule has 0 aliphatic carbocycles. The first-order valence-corrected chi connectivity index (χ1v) is 8.03. The van der Waals surface area contributed by atoms with Gasteiger partial charge in [0, 0.05) is 22.5 Å². The number of rotatable bonds is 2. The molecule has 0 unspecified atom stereocenters. The maximum absolute atomic E-state index is 13.6. The van der Waals surface area contributed by atoms with E-state index in [1.807, 2.05) is 6.07 Å². The largest absolute Gasteiger partial charge is 0.416 e. The van der Waals surface area contributed by atoms with Crippen LogP contribution in [0.3, 0.4) is 0 Å². The van der Waals surface area contributed by atoms with Crippen LogP contribution in [0.25, 0.3) is 16.3 Å². The lowest BCUT2D eigenvalue weighted by molar-refractivity contribution is -0.137. The molecule has 2 aromatic heterocycles. The van der Waals surface area contributed by atoms with Gasteiger partial charge >= 0.3 is 6.18 Å². The fraction of sp³-hybridized carbons (Fsp3) is 0.0526. The Balaban J connectivity index is 1.81. The number of nitrogen functional groups attached to an aromatic ring is 1. The van der Waals surface area contributed by atoms with Crippen molar-refractivity contribution in [3.63, 3.8) is 0 Å². The summed E-state index contributed by atoms with van der Waals surface area (Å²) in [6.07, 6.45) is -4.42. The first kappa shape index (κ1) is 17.6. The van der Waals surface area contributed by atoms with Crippen molar-refractivity contribution in [2.45, 2.75) is 6.18 Å². The predicted octanol–water partition coefficient (Wildman–Crippen LogP) is 4.84. The van der Waals surface area contributed by atoms with E-state index in [2.05, 4.69) is 10.4 Å². The molecule has 0 saturated carbocycles. The van der Waals surface area contributed by atoms with Crippen molar-refractivity contribution in [1.29, 1.82) is 5.26 Å². The molecule has 4 aromatic rings. The van der Waals surface area contributed by atoms with Crippen LogP contribution < -0.4 is 11.1 Å². The fourth-order valence-electron chi connectivity index (χ4n) is 3.02. The molecule has 0 aliphatic rings. The van der Waals surface area contributed by atoms with Crippen LogP contribution in [0.5, 0.6) is 0 Å². The van der Waals surface area contributed by atoms with Gasteiger partial charge in [-0.15, -0.1) is 5.10 Å². The van der Waals surface area contributed by atoms with Crippen molar-refractivity contribution in [2.75, 3.05) is 11.1 Å². The molecule has 4 rings (SSSR count). The third-order valence-electron chi connectivity index (χ3n) is 4.32. The molecule has 2 aromatic carbocycles. The molecule has 28 heavy (non-hydrogen) atoms. The average molecular weight is 385 g/mol. The van der Waals surface area contributed by atoms with E-state index >= 15 is 0 Å². The van der Waals surface area contributed by atoms with Crippen LogP contribution in [-0.2, 0) is 6.18 Å². The molecular formula is C19H11F4N5. The Morgan fingerprint density at radius 1 is 1.04 bits per heavy atom. The number of benzene rings is 2. The summed E-state index contributed by atoms with van der Waals surface area (Å²) in [4.78, 5) is 0. The molecular weight excluding hydrogens is 374 g/mol. The normalized spacial score (nSPS) is 11.7. The number of fused-ring (bicyclic) bond motifs is 3. The number of nitriles is 1.